The van der Waals surface area contributed by atoms with Crippen molar-refractivity contribution in [2.45, 2.75) is 38.7 Å². The summed E-state index contributed by atoms with van der Waals surface area (Å²) in [6, 6.07) is 12.9. The summed E-state index contributed by atoms with van der Waals surface area (Å²) in [4.78, 5) is 12.4. The van der Waals surface area contributed by atoms with E-state index < -0.39 is 0 Å². The van der Waals surface area contributed by atoms with E-state index in [1.807, 2.05) is 37.3 Å². The van der Waals surface area contributed by atoms with E-state index in [9.17, 15) is 4.79 Å². The van der Waals surface area contributed by atoms with Gasteiger partial charge in [0.15, 0.2) is 17.3 Å². The van der Waals surface area contributed by atoms with Crippen molar-refractivity contribution < 1.29 is 19.0 Å². The summed E-state index contributed by atoms with van der Waals surface area (Å²) < 4.78 is 17.0. The minimum absolute atomic E-state index is 0.0712. The van der Waals surface area contributed by atoms with Crippen LogP contribution in [0.3, 0.4) is 0 Å². The first-order valence-corrected chi connectivity index (χ1v) is 9.49. The maximum absolute atomic E-state index is 12.4. The van der Waals surface area contributed by atoms with Crippen LogP contribution in [0.1, 0.15) is 48.5 Å². The third-order valence-corrected chi connectivity index (χ3v) is 4.64. The van der Waals surface area contributed by atoms with Crippen molar-refractivity contribution in [2.24, 2.45) is 0 Å². The molecule has 1 aliphatic carbocycles. The van der Waals surface area contributed by atoms with Crippen LogP contribution < -0.4 is 14.2 Å². The fraction of sp³-hybridized carbons (Fsp3) is 0.348. The molecule has 0 spiro atoms. The normalized spacial score (nSPS) is 14.4. The smallest absolute Gasteiger partial charge is 0.185 e. The van der Waals surface area contributed by atoms with Gasteiger partial charge in [0.2, 0.25) is 0 Å². The van der Waals surface area contributed by atoms with Gasteiger partial charge in [-0.2, -0.15) is 0 Å². The van der Waals surface area contributed by atoms with E-state index in [0.29, 0.717) is 17.9 Å². The molecule has 4 nitrogen and oxygen atoms in total. The van der Waals surface area contributed by atoms with Crippen LogP contribution in [0, 0.1) is 0 Å². The molecule has 0 bridgehead atoms. The Bertz CT molecular complexity index is 804. The van der Waals surface area contributed by atoms with E-state index in [0.717, 1.165) is 29.9 Å². The maximum atomic E-state index is 12.4. The number of ether oxygens (including phenoxy) is 3. The Kier molecular flexibility index (Phi) is 6.53. The van der Waals surface area contributed by atoms with E-state index in [4.69, 9.17) is 14.2 Å². The van der Waals surface area contributed by atoms with Crippen LogP contribution >= 0.6 is 0 Å². The Balaban J connectivity index is 1.74. The van der Waals surface area contributed by atoms with Gasteiger partial charge in [-0.15, -0.1) is 0 Å². The molecule has 0 saturated heterocycles. The highest BCUT2D eigenvalue weighted by atomic mass is 16.5. The molecule has 3 rings (SSSR count). The zero-order chi connectivity index (χ0) is 19.1. The van der Waals surface area contributed by atoms with Crippen molar-refractivity contribution in [3.63, 3.8) is 0 Å². The number of allylic oxidation sites excluding steroid dienone is 1. The zero-order valence-electron chi connectivity index (χ0n) is 15.9. The Morgan fingerprint density at radius 3 is 2.67 bits per heavy atom. The van der Waals surface area contributed by atoms with E-state index in [1.165, 1.54) is 12.8 Å². The molecule has 0 radical (unpaired) electrons. The highest BCUT2D eigenvalue weighted by molar-refractivity contribution is 6.07. The predicted molar refractivity (Wildman–Crippen MR) is 107 cm³/mol. The molecule has 27 heavy (non-hydrogen) atoms. The van der Waals surface area contributed by atoms with Crippen molar-refractivity contribution in [3.05, 3.63) is 59.7 Å². The minimum Gasteiger partial charge on any atom is -0.497 e. The molecule has 0 heterocycles. The number of methoxy groups -OCH3 is 1. The lowest BCUT2D eigenvalue weighted by molar-refractivity contribution is 0.104. The van der Waals surface area contributed by atoms with Gasteiger partial charge in [0.05, 0.1) is 19.8 Å². The van der Waals surface area contributed by atoms with E-state index >= 15 is 0 Å². The highest BCUT2D eigenvalue weighted by Gasteiger charge is 2.18. The Hall–Kier alpha value is -2.75. The number of ketones is 1. The quantitative estimate of drug-likeness (QED) is 0.469. The van der Waals surface area contributed by atoms with Gasteiger partial charge < -0.3 is 14.2 Å². The third kappa shape index (κ3) is 5.13. The molecule has 0 amide bonds. The molecule has 142 valence electrons. The van der Waals surface area contributed by atoms with Crippen LogP contribution in [0.5, 0.6) is 17.2 Å². The molecular formula is C23H26O4. The average Bonchev–Trinajstić information content (AvgIpc) is 3.21. The summed E-state index contributed by atoms with van der Waals surface area (Å²) >= 11 is 0. The average molecular weight is 366 g/mol. The lowest BCUT2D eigenvalue weighted by Gasteiger charge is -2.17. The summed E-state index contributed by atoms with van der Waals surface area (Å²) in [6.07, 6.45) is 8.29. The van der Waals surface area contributed by atoms with Gasteiger partial charge in [-0.05, 0) is 68.5 Å². The summed E-state index contributed by atoms with van der Waals surface area (Å²) in [7, 11) is 1.59. The lowest BCUT2D eigenvalue weighted by atomic mass is 10.1. The largest absolute Gasteiger partial charge is 0.497 e. The number of rotatable bonds is 8. The fourth-order valence-corrected chi connectivity index (χ4v) is 3.22. The molecule has 0 aliphatic heterocycles. The molecule has 0 unspecified atom stereocenters. The summed E-state index contributed by atoms with van der Waals surface area (Å²) in [5.74, 6) is 2.10. The first-order valence-electron chi connectivity index (χ1n) is 9.49. The van der Waals surface area contributed by atoms with E-state index in [-0.39, 0.29) is 11.9 Å². The van der Waals surface area contributed by atoms with Crippen molar-refractivity contribution in [1.29, 1.82) is 0 Å². The van der Waals surface area contributed by atoms with Gasteiger partial charge in [0.1, 0.15) is 5.75 Å². The SMILES string of the molecule is CCOc1cc(/C=C/C(=O)c2cccc(OC)c2)ccc1OC1CCCC1. The second-order valence-corrected chi connectivity index (χ2v) is 6.59. The van der Waals surface area contributed by atoms with Gasteiger partial charge in [0, 0.05) is 5.56 Å². The van der Waals surface area contributed by atoms with Gasteiger partial charge >= 0.3 is 0 Å². The maximum Gasteiger partial charge on any atom is 0.185 e. The van der Waals surface area contributed by atoms with Crippen LogP contribution in [0.4, 0.5) is 0 Å². The second kappa shape index (κ2) is 9.26. The molecule has 2 aromatic rings. The molecular weight excluding hydrogens is 340 g/mol. The standard InChI is InChI=1S/C23H26O4/c1-3-26-23-15-17(12-14-22(23)27-19-8-4-5-9-19)11-13-21(24)18-7-6-10-20(16-18)25-2/h6-7,10-16,19H,3-5,8-9H2,1-2H3/b13-11+. The topological polar surface area (TPSA) is 44.8 Å². The van der Waals surface area contributed by atoms with Gasteiger partial charge in [-0.25, -0.2) is 0 Å². The number of benzene rings is 2. The molecule has 0 atom stereocenters. The van der Waals surface area contributed by atoms with Crippen LogP contribution in [0.2, 0.25) is 0 Å². The van der Waals surface area contributed by atoms with Gasteiger partial charge in [-0.3, -0.25) is 4.79 Å². The van der Waals surface area contributed by atoms with E-state index in [1.54, 1.807) is 31.4 Å². The number of carbonyl (C=O) groups is 1. The van der Waals surface area contributed by atoms with Crippen LogP contribution in [0.15, 0.2) is 48.5 Å². The molecule has 4 heteroatoms. The summed E-state index contributed by atoms with van der Waals surface area (Å²) in [5.41, 5.74) is 1.49. The highest BCUT2D eigenvalue weighted by Crippen LogP contribution is 2.33. The lowest BCUT2D eigenvalue weighted by Crippen LogP contribution is -2.11. The molecule has 2 aromatic carbocycles. The van der Waals surface area contributed by atoms with Crippen molar-refractivity contribution in [1.82, 2.24) is 0 Å². The second-order valence-electron chi connectivity index (χ2n) is 6.59. The fourth-order valence-electron chi connectivity index (χ4n) is 3.22. The number of carbonyl (C=O) groups excluding carboxylic acids is 1. The first kappa shape index (κ1) is 19.0. The van der Waals surface area contributed by atoms with Crippen LogP contribution in [-0.4, -0.2) is 25.6 Å². The Labute approximate surface area is 160 Å². The molecule has 1 aliphatic rings. The van der Waals surface area contributed by atoms with Crippen molar-refractivity contribution >= 4 is 11.9 Å². The van der Waals surface area contributed by atoms with Crippen molar-refractivity contribution in [3.8, 4) is 17.2 Å². The van der Waals surface area contributed by atoms with Crippen molar-refractivity contribution in [2.75, 3.05) is 13.7 Å². The molecule has 0 N–H and O–H groups in total. The predicted octanol–water partition coefficient (Wildman–Crippen LogP) is 5.31. The van der Waals surface area contributed by atoms with Crippen LogP contribution in [-0.2, 0) is 0 Å². The Morgan fingerprint density at radius 1 is 1.11 bits per heavy atom. The van der Waals surface area contributed by atoms with Gasteiger partial charge in [0.25, 0.3) is 0 Å². The van der Waals surface area contributed by atoms with Gasteiger partial charge in [-0.1, -0.05) is 24.3 Å². The van der Waals surface area contributed by atoms with Crippen LogP contribution in [0.25, 0.3) is 6.08 Å². The number of hydrogen-bond acceptors (Lipinski definition) is 4. The Morgan fingerprint density at radius 2 is 1.93 bits per heavy atom. The summed E-state index contributed by atoms with van der Waals surface area (Å²) in [6.45, 7) is 2.52. The molecule has 1 fully saturated rings. The third-order valence-electron chi connectivity index (χ3n) is 4.64. The first-order chi connectivity index (χ1) is 13.2. The minimum atomic E-state index is -0.0712. The number of hydrogen-bond donors (Lipinski definition) is 0. The summed E-state index contributed by atoms with van der Waals surface area (Å²) in [5, 5.41) is 0. The molecule has 1 saturated carbocycles. The monoisotopic (exact) mass is 366 g/mol. The zero-order valence-corrected chi connectivity index (χ0v) is 15.9. The molecule has 0 aromatic heterocycles. The van der Waals surface area contributed by atoms with E-state index in [2.05, 4.69) is 0 Å².